The minimum atomic E-state index is -0.591. The van der Waals surface area contributed by atoms with Crippen molar-refractivity contribution in [1.29, 1.82) is 0 Å². The summed E-state index contributed by atoms with van der Waals surface area (Å²) in [5.74, 6) is -0.937. The van der Waals surface area contributed by atoms with Gasteiger partial charge in [-0.1, -0.05) is 0 Å². The van der Waals surface area contributed by atoms with Gasteiger partial charge in [-0.2, -0.15) is 0 Å². The second-order valence-corrected chi connectivity index (χ2v) is 5.03. The number of halogens is 1. The van der Waals surface area contributed by atoms with E-state index in [0.717, 1.165) is 18.9 Å². The van der Waals surface area contributed by atoms with Crippen LogP contribution < -0.4 is 11.1 Å². The maximum atomic E-state index is 13.4. The Hall–Kier alpha value is -2.11. The first-order valence-corrected chi connectivity index (χ1v) is 6.59. The summed E-state index contributed by atoms with van der Waals surface area (Å²) >= 11 is 0. The molecule has 0 radical (unpaired) electrons. The summed E-state index contributed by atoms with van der Waals surface area (Å²) in [5, 5.41) is 2.81. The van der Waals surface area contributed by atoms with E-state index in [1.165, 1.54) is 19.1 Å². The summed E-state index contributed by atoms with van der Waals surface area (Å²) in [6, 6.07) is 4.02. The molecule has 2 rings (SSSR count). The molecule has 1 fully saturated rings. The first-order chi connectivity index (χ1) is 9.47. The molecule has 0 aromatic heterocycles. The molecule has 2 amide bonds. The molecular formula is C14H18FN3O2. The molecule has 1 heterocycles. The number of hydrogen-bond acceptors (Lipinski definition) is 3. The summed E-state index contributed by atoms with van der Waals surface area (Å²) in [7, 11) is 0. The van der Waals surface area contributed by atoms with E-state index < -0.39 is 5.82 Å². The van der Waals surface area contributed by atoms with Crippen molar-refractivity contribution in [1.82, 2.24) is 10.2 Å². The van der Waals surface area contributed by atoms with Gasteiger partial charge in [0, 0.05) is 31.6 Å². The zero-order valence-corrected chi connectivity index (χ0v) is 11.4. The normalized spacial score (nSPS) is 18.7. The van der Waals surface area contributed by atoms with Crippen LogP contribution in [-0.2, 0) is 4.79 Å². The molecule has 1 atom stereocenters. The number of anilines is 1. The van der Waals surface area contributed by atoms with Gasteiger partial charge < -0.3 is 16.0 Å². The highest BCUT2D eigenvalue weighted by Crippen LogP contribution is 2.17. The molecule has 1 aliphatic heterocycles. The number of piperidine rings is 1. The molecular weight excluding hydrogens is 261 g/mol. The predicted molar refractivity (Wildman–Crippen MR) is 73.6 cm³/mol. The second-order valence-electron chi connectivity index (χ2n) is 5.03. The van der Waals surface area contributed by atoms with Crippen LogP contribution in [-0.4, -0.2) is 35.8 Å². The topological polar surface area (TPSA) is 75.4 Å². The molecule has 0 spiro atoms. The van der Waals surface area contributed by atoms with Crippen molar-refractivity contribution in [3.8, 4) is 0 Å². The largest absolute Gasteiger partial charge is 0.396 e. The fraction of sp³-hybridized carbons (Fsp3) is 0.429. The lowest BCUT2D eigenvalue weighted by molar-refractivity contribution is -0.120. The molecule has 20 heavy (non-hydrogen) atoms. The highest BCUT2D eigenvalue weighted by molar-refractivity contribution is 5.94. The van der Waals surface area contributed by atoms with Gasteiger partial charge in [0.25, 0.3) is 5.91 Å². The standard InChI is InChI=1S/C14H18FN3O2/c1-9(19)17-11-3-2-6-18(8-11)14(20)10-4-5-13(16)12(15)7-10/h4-5,7,11H,2-3,6,8,16H2,1H3,(H,17,19). The summed E-state index contributed by atoms with van der Waals surface area (Å²) in [4.78, 5) is 25.0. The van der Waals surface area contributed by atoms with Crippen molar-refractivity contribution >= 4 is 17.5 Å². The Kier molecular flexibility index (Phi) is 4.22. The van der Waals surface area contributed by atoms with E-state index in [0.29, 0.717) is 13.1 Å². The lowest BCUT2D eigenvalue weighted by Gasteiger charge is -2.33. The Morgan fingerprint density at radius 1 is 1.45 bits per heavy atom. The number of carbonyl (C=O) groups excluding carboxylic acids is 2. The van der Waals surface area contributed by atoms with Crippen LogP contribution in [0.15, 0.2) is 18.2 Å². The molecule has 0 bridgehead atoms. The maximum absolute atomic E-state index is 13.4. The third-order valence-electron chi connectivity index (χ3n) is 3.36. The SMILES string of the molecule is CC(=O)NC1CCCN(C(=O)c2ccc(N)c(F)c2)C1. The van der Waals surface area contributed by atoms with E-state index in [4.69, 9.17) is 5.73 Å². The minimum absolute atomic E-state index is 0.0244. The zero-order chi connectivity index (χ0) is 14.7. The Morgan fingerprint density at radius 2 is 2.20 bits per heavy atom. The van der Waals surface area contributed by atoms with Gasteiger partial charge in [0.1, 0.15) is 5.82 Å². The van der Waals surface area contributed by atoms with E-state index in [1.54, 1.807) is 4.90 Å². The summed E-state index contributed by atoms with van der Waals surface area (Å²) in [5.41, 5.74) is 5.70. The number of likely N-dealkylation sites (tertiary alicyclic amines) is 1. The first-order valence-electron chi connectivity index (χ1n) is 6.59. The molecule has 3 N–H and O–H groups in total. The molecule has 1 aliphatic rings. The number of benzene rings is 1. The van der Waals surface area contributed by atoms with Crippen molar-refractivity contribution in [3.63, 3.8) is 0 Å². The number of nitrogens with two attached hydrogens (primary N) is 1. The molecule has 0 aliphatic carbocycles. The van der Waals surface area contributed by atoms with Gasteiger partial charge in [-0.3, -0.25) is 9.59 Å². The third-order valence-corrected chi connectivity index (χ3v) is 3.36. The number of rotatable bonds is 2. The fourth-order valence-electron chi connectivity index (χ4n) is 2.41. The predicted octanol–water partition coefficient (Wildman–Crippen LogP) is 1.15. The van der Waals surface area contributed by atoms with Gasteiger partial charge in [0.15, 0.2) is 0 Å². The molecule has 1 aromatic rings. The van der Waals surface area contributed by atoms with Crippen molar-refractivity contribution in [2.24, 2.45) is 0 Å². The van der Waals surface area contributed by atoms with Crippen LogP contribution in [0.4, 0.5) is 10.1 Å². The number of amides is 2. The van der Waals surface area contributed by atoms with E-state index in [2.05, 4.69) is 5.32 Å². The zero-order valence-electron chi connectivity index (χ0n) is 11.4. The molecule has 1 unspecified atom stereocenters. The van der Waals surface area contributed by atoms with Crippen LogP contribution in [0.3, 0.4) is 0 Å². The molecule has 108 valence electrons. The Morgan fingerprint density at radius 3 is 2.85 bits per heavy atom. The van der Waals surface area contributed by atoms with E-state index in [-0.39, 0.29) is 29.1 Å². The van der Waals surface area contributed by atoms with Gasteiger partial charge in [-0.05, 0) is 31.0 Å². The Bertz CT molecular complexity index is 533. The van der Waals surface area contributed by atoms with Gasteiger partial charge in [0.05, 0.1) is 5.69 Å². The van der Waals surface area contributed by atoms with Gasteiger partial charge >= 0.3 is 0 Å². The second kappa shape index (κ2) is 5.90. The van der Waals surface area contributed by atoms with Crippen molar-refractivity contribution in [2.45, 2.75) is 25.8 Å². The van der Waals surface area contributed by atoms with Crippen molar-refractivity contribution < 1.29 is 14.0 Å². The van der Waals surface area contributed by atoms with E-state index in [9.17, 15) is 14.0 Å². The van der Waals surface area contributed by atoms with Crippen LogP contribution in [0.25, 0.3) is 0 Å². The van der Waals surface area contributed by atoms with Crippen molar-refractivity contribution in [2.75, 3.05) is 18.8 Å². The van der Waals surface area contributed by atoms with Crippen LogP contribution in [0, 0.1) is 5.82 Å². The highest BCUT2D eigenvalue weighted by Gasteiger charge is 2.25. The number of hydrogen-bond donors (Lipinski definition) is 2. The maximum Gasteiger partial charge on any atom is 0.254 e. The van der Waals surface area contributed by atoms with Crippen molar-refractivity contribution in [3.05, 3.63) is 29.6 Å². The molecule has 1 saturated heterocycles. The summed E-state index contributed by atoms with van der Waals surface area (Å²) in [6.45, 7) is 2.52. The first kappa shape index (κ1) is 14.3. The number of nitrogens with zero attached hydrogens (tertiary/aromatic N) is 1. The average molecular weight is 279 g/mol. The third kappa shape index (κ3) is 3.26. The lowest BCUT2D eigenvalue weighted by atomic mass is 10.0. The van der Waals surface area contributed by atoms with Crippen LogP contribution in [0.2, 0.25) is 0 Å². The molecule has 6 heteroatoms. The van der Waals surface area contributed by atoms with Gasteiger partial charge in [-0.25, -0.2) is 4.39 Å². The number of nitrogen functional groups attached to an aromatic ring is 1. The smallest absolute Gasteiger partial charge is 0.254 e. The quantitative estimate of drug-likeness (QED) is 0.797. The number of nitrogens with one attached hydrogen (secondary N) is 1. The van der Waals surface area contributed by atoms with Gasteiger partial charge in [-0.15, -0.1) is 0 Å². The summed E-state index contributed by atoms with van der Waals surface area (Å²) < 4.78 is 13.4. The number of carbonyl (C=O) groups is 2. The monoisotopic (exact) mass is 279 g/mol. The Balaban J connectivity index is 2.08. The van der Waals surface area contributed by atoms with Crippen LogP contribution in [0.5, 0.6) is 0 Å². The Labute approximate surface area is 116 Å². The molecule has 1 aromatic carbocycles. The van der Waals surface area contributed by atoms with E-state index >= 15 is 0 Å². The molecule has 5 nitrogen and oxygen atoms in total. The van der Waals surface area contributed by atoms with Crippen LogP contribution >= 0.6 is 0 Å². The fourth-order valence-corrected chi connectivity index (χ4v) is 2.41. The van der Waals surface area contributed by atoms with Crippen LogP contribution in [0.1, 0.15) is 30.1 Å². The van der Waals surface area contributed by atoms with E-state index in [1.807, 2.05) is 0 Å². The summed E-state index contributed by atoms with van der Waals surface area (Å²) in [6.07, 6.45) is 1.66. The highest BCUT2D eigenvalue weighted by atomic mass is 19.1. The van der Waals surface area contributed by atoms with Gasteiger partial charge in [0.2, 0.25) is 5.91 Å². The average Bonchev–Trinajstić information content (AvgIpc) is 2.40. The molecule has 0 saturated carbocycles. The minimum Gasteiger partial charge on any atom is -0.396 e. The lowest BCUT2D eigenvalue weighted by Crippen LogP contribution is -2.49.